The van der Waals surface area contributed by atoms with Crippen LogP contribution in [0.3, 0.4) is 0 Å². The lowest BCUT2D eigenvalue weighted by molar-refractivity contribution is 0.585. The van der Waals surface area contributed by atoms with Gasteiger partial charge in [-0.05, 0) is 77.4 Å². The fourth-order valence-electron chi connectivity index (χ4n) is 7.07. The molecule has 2 aromatic heterocycles. The molecule has 0 aliphatic heterocycles. The first-order valence-electron chi connectivity index (χ1n) is 17.4. The highest BCUT2D eigenvalue weighted by Crippen LogP contribution is 2.40. The molecule has 9 rings (SSSR count). The number of nitriles is 2. The molecule has 0 aliphatic carbocycles. The Hall–Kier alpha value is -7.81. The van der Waals surface area contributed by atoms with Crippen molar-refractivity contribution in [3.05, 3.63) is 180 Å². The van der Waals surface area contributed by atoms with Crippen LogP contribution in [0.4, 0.5) is 8.78 Å². The molecule has 258 valence electrons. The van der Waals surface area contributed by atoms with E-state index in [1.54, 1.807) is 18.2 Å². The maximum Gasteiger partial charge on any atom is 0.166 e. The fourth-order valence-corrected chi connectivity index (χ4v) is 7.07. The Morgan fingerprint density at radius 3 is 1.69 bits per heavy atom. The van der Waals surface area contributed by atoms with Gasteiger partial charge in [0.2, 0.25) is 0 Å². The lowest BCUT2D eigenvalue weighted by Gasteiger charge is -2.16. The first-order chi connectivity index (χ1) is 27.0. The SMILES string of the molecule is N#Cc1cc(C#N)cc(-c2ccc3c(c2)c2ccccc2n3-c2ccc(-c3ccc(F)cc3F)cc2-c2nc(-c3ccccc3)nc(-c3ccccc3)n2)c1. The zero-order chi connectivity index (χ0) is 37.5. The van der Waals surface area contributed by atoms with Crippen LogP contribution in [-0.4, -0.2) is 19.5 Å². The molecule has 6 nitrogen and oxygen atoms in total. The molecule has 0 radical (unpaired) electrons. The fraction of sp³-hybridized carbons (Fsp3) is 0. The minimum absolute atomic E-state index is 0.234. The number of halogens is 2. The number of aromatic nitrogens is 4. The maximum atomic E-state index is 15.4. The van der Waals surface area contributed by atoms with Gasteiger partial charge in [-0.15, -0.1) is 0 Å². The molecular formula is C47H26F2N6. The van der Waals surface area contributed by atoms with Gasteiger partial charge in [-0.3, -0.25) is 0 Å². The minimum Gasteiger partial charge on any atom is -0.309 e. The van der Waals surface area contributed by atoms with Crippen LogP contribution < -0.4 is 0 Å². The van der Waals surface area contributed by atoms with E-state index < -0.39 is 11.6 Å². The van der Waals surface area contributed by atoms with Gasteiger partial charge in [0.05, 0.1) is 40.0 Å². The topological polar surface area (TPSA) is 91.2 Å². The standard InChI is InChI=1S/C47H26F2N6/c48-36-17-18-37(41(49)26-36)34-16-20-44(40(25-34)47-53-45(31-9-3-1-4-10-31)52-46(54-47)32-11-5-2-6-12-32)55-42-14-8-7-13-38(42)39-24-33(15-19-43(39)55)35-22-29(27-50)21-30(23-35)28-51/h1-26H. The van der Waals surface area contributed by atoms with Crippen LogP contribution in [0.15, 0.2) is 158 Å². The quantitative estimate of drug-likeness (QED) is 0.171. The smallest absolute Gasteiger partial charge is 0.166 e. The van der Waals surface area contributed by atoms with Crippen molar-refractivity contribution in [3.8, 4) is 74.2 Å². The molecule has 0 aliphatic rings. The van der Waals surface area contributed by atoms with E-state index in [0.717, 1.165) is 55.8 Å². The molecule has 8 heteroatoms. The lowest BCUT2D eigenvalue weighted by atomic mass is 9.98. The first kappa shape index (κ1) is 33.1. The van der Waals surface area contributed by atoms with E-state index in [1.165, 1.54) is 12.1 Å². The molecular weight excluding hydrogens is 687 g/mol. The summed E-state index contributed by atoms with van der Waals surface area (Å²) in [6.45, 7) is 0. The second kappa shape index (κ2) is 13.6. The predicted octanol–water partition coefficient (Wildman–Crippen LogP) is 11.3. The van der Waals surface area contributed by atoms with Crippen molar-refractivity contribution in [2.75, 3.05) is 0 Å². The number of fused-ring (bicyclic) bond motifs is 3. The Bertz CT molecular complexity index is 2940. The molecule has 0 saturated heterocycles. The molecule has 0 fully saturated rings. The van der Waals surface area contributed by atoms with Crippen molar-refractivity contribution in [2.24, 2.45) is 0 Å². The van der Waals surface area contributed by atoms with E-state index in [0.29, 0.717) is 39.7 Å². The van der Waals surface area contributed by atoms with E-state index in [1.807, 2.05) is 109 Å². The van der Waals surface area contributed by atoms with Gasteiger partial charge in [-0.25, -0.2) is 23.7 Å². The first-order valence-corrected chi connectivity index (χ1v) is 17.4. The third kappa shape index (κ3) is 6.04. The second-order valence-electron chi connectivity index (χ2n) is 13.0. The van der Waals surface area contributed by atoms with Crippen molar-refractivity contribution >= 4 is 21.8 Å². The predicted molar refractivity (Wildman–Crippen MR) is 211 cm³/mol. The van der Waals surface area contributed by atoms with Gasteiger partial charge in [0.1, 0.15) is 11.6 Å². The van der Waals surface area contributed by atoms with Crippen molar-refractivity contribution in [1.82, 2.24) is 19.5 Å². The number of para-hydroxylation sites is 1. The van der Waals surface area contributed by atoms with Crippen LogP contribution >= 0.6 is 0 Å². The molecule has 0 atom stereocenters. The van der Waals surface area contributed by atoms with Crippen LogP contribution in [0.1, 0.15) is 11.1 Å². The Kier molecular flexibility index (Phi) is 8.19. The average Bonchev–Trinajstić information content (AvgIpc) is 3.57. The summed E-state index contributed by atoms with van der Waals surface area (Å²) in [6.07, 6.45) is 0. The van der Waals surface area contributed by atoms with Gasteiger partial charge in [-0.2, -0.15) is 10.5 Å². The van der Waals surface area contributed by atoms with E-state index in [2.05, 4.69) is 28.8 Å². The van der Waals surface area contributed by atoms with Crippen molar-refractivity contribution in [2.45, 2.75) is 0 Å². The van der Waals surface area contributed by atoms with E-state index in [4.69, 9.17) is 15.0 Å². The van der Waals surface area contributed by atoms with Crippen LogP contribution in [0, 0.1) is 34.3 Å². The molecule has 0 bridgehead atoms. The number of hydrogen-bond acceptors (Lipinski definition) is 5. The average molecular weight is 713 g/mol. The Morgan fingerprint density at radius 2 is 1.04 bits per heavy atom. The summed E-state index contributed by atoms with van der Waals surface area (Å²) in [5.74, 6) is -0.0435. The van der Waals surface area contributed by atoms with Gasteiger partial charge >= 0.3 is 0 Å². The molecule has 2 heterocycles. The van der Waals surface area contributed by atoms with Gasteiger partial charge in [0, 0.05) is 39.1 Å². The number of benzene rings is 7. The summed E-state index contributed by atoms with van der Waals surface area (Å²) in [6, 6.07) is 52.0. The molecule has 0 unspecified atom stereocenters. The summed E-state index contributed by atoms with van der Waals surface area (Å²) in [7, 11) is 0. The Balaban J connectivity index is 1.33. The summed E-state index contributed by atoms with van der Waals surface area (Å²) < 4.78 is 31.6. The lowest BCUT2D eigenvalue weighted by Crippen LogP contribution is -2.04. The second-order valence-corrected chi connectivity index (χ2v) is 13.0. The van der Waals surface area contributed by atoms with Crippen molar-refractivity contribution in [3.63, 3.8) is 0 Å². The third-order valence-electron chi connectivity index (χ3n) is 9.62. The Labute approximate surface area is 314 Å². The molecule has 55 heavy (non-hydrogen) atoms. The monoisotopic (exact) mass is 712 g/mol. The summed E-state index contributed by atoms with van der Waals surface area (Å²) in [5, 5.41) is 21.2. The highest BCUT2D eigenvalue weighted by atomic mass is 19.1. The number of rotatable bonds is 6. The van der Waals surface area contributed by atoms with Crippen LogP contribution in [-0.2, 0) is 0 Å². The minimum atomic E-state index is -0.686. The number of nitrogens with zero attached hydrogens (tertiary/aromatic N) is 6. The van der Waals surface area contributed by atoms with E-state index >= 15 is 4.39 Å². The maximum absolute atomic E-state index is 15.4. The highest BCUT2D eigenvalue weighted by Gasteiger charge is 2.21. The summed E-state index contributed by atoms with van der Waals surface area (Å²) in [4.78, 5) is 15.0. The molecule has 0 amide bonds. The van der Waals surface area contributed by atoms with Crippen LogP contribution in [0.5, 0.6) is 0 Å². The molecule has 0 N–H and O–H groups in total. The highest BCUT2D eigenvalue weighted by molar-refractivity contribution is 6.11. The Morgan fingerprint density at radius 1 is 0.436 bits per heavy atom. The molecule has 0 spiro atoms. The van der Waals surface area contributed by atoms with Gasteiger partial charge in [0.25, 0.3) is 0 Å². The van der Waals surface area contributed by atoms with Crippen molar-refractivity contribution < 1.29 is 8.78 Å². The van der Waals surface area contributed by atoms with Crippen LogP contribution in [0.2, 0.25) is 0 Å². The van der Waals surface area contributed by atoms with Crippen LogP contribution in [0.25, 0.3) is 83.9 Å². The van der Waals surface area contributed by atoms with Crippen molar-refractivity contribution in [1.29, 1.82) is 10.5 Å². The molecule has 7 aromatic carbocycles. The van der Waals surface area contributed by atoms with E-state index in [9.17, 15) is 14.9 Å². The number of hydrogen-bond donors (Lipinski definition) is 0. The van der Waals surface area contributed by atoms with Gasteiger partial charge < -0.3 is 4.57 Å². The van der Waals surface area contributed by atoms with Gasteiger partial charge in [0.15, 0.2) is 17.5 Å². The normalized spacial score (nSPS) is 11.1. The van der Waals surface area contributed by atoms with Gasteiger partial charge in [-0.1, -0.05) is 91.0 Å². The summed E-state index contributed by atoms with van der Waals surface area (Å²) >= 11 is 0. The zero-order valence-corrected chi connectivity index (χ0v) is 29.0. The van der Waals surface area contributed by atoms with E-state index in [-0.39, 0.29) is 5.56 Å². The third-order valence-corrected chi connectivity index (χ3v) is 9.62. The molecule has 0 saturated carbocycles. The zero-order valence-electron chi connectivity index (χ0n) is 29.0. The summed E-state index contributed by atoms with van der Waals surface area (Å²) in [5.41, 5.74) is 7.89. The largest absolute Gasteiger partial charge is 0.309 e. The molecule has 9 aromatic rings.